The van der Waals surface area contributed by atoms with Crippen LogP contribution in [0.25, 0.3) is 5.95 Å². The van der Waals surface area contributed by atoms with Gasteiger partial charge in [-0.3, -0.25) is 9.36 Å². The Morgan fingerprint density at radius 2 is 2.17 bits per heavy atom. The highest BCUT2D eigenvalue weighted by atomic mass is 32.1. The monoisotopic (exact) mass is 414 g/mol. The first-order valence-electron chi connectivity index (χ1n) is 9.35. The molecule has 0 saturated heterocycles. The van der Waals surface area contributed by atoms with Crippen molar-refractivity contribution in [2.24, 2.45) is 5.92 Å². The number of rotatable bonds is 8. The topological polar surface area (TPSA) is 103 Å². The van der Waals surface area contributed by atoms with Crippen LogP contribution in [-0.2, 0) is 11.2 Å². The van der Waals surface area contributed by atoms with E-state index >= 15 is 0 Å². The maximum Gasteiger partial charge on any atom is 0.248 e. The van der Waals surface area contributed by atoms with Gasteiger partial charge in [-0.05, 0) is 30.0 Å². The number of nitrogens with one attached hydrogen (secondary N) is 2. The lowest BCUT2D eigenvalue weighted by Crippen LogP contribution is -2.43. The van der Waals surface area contributed by atoms with Gasteiger partial charge in [0.25, 0.3) is 0 Å². The number of anilines is 1. The molecule has 2 aromatic heterocycles. The first-order valence-corrected chi connectivity index (χ1v) is 10.1. The van der Waals surface area contributed by atoms with Crippen LogP contribution in [0.1, 0.15) is 19.4 Å². The van der Waals surface area contributed by atoms with Gasteiger partial charge in [-0.1, -0.05) is 19.9 Å². The summed E-state index contributed by atoms with van der Waals surface area (Å²) in [4.78, 5) is 21.1. The molecule has 152 valence electrons. The Hall–Kier alpha value is -3.14. The normalized spacial score (nSPS) is 13.5. The molecule has 3 heterocycles. The molecule has 0 spiro atoms. The zero-order chi connectivity index (χ0) is 20.2. The van der Waals surface area contributed by atoms with Crippen molar-refractivity contribution in [2.45, 2.75) is 26.3 Å². The fraction of sp³-hybridized carbons (Fsp3) is 0.368. The molecule has 3 aromatic rings. The Labute approximate surface area is 172 Å². The largest absolute Gasteiger partial charge is 0.454 e. The molecule has 1 aliphatic heterocycles. The number of carbonyl (C=O) groups is 1. The molecule has 9 nitrogen and oxygen atoms in total. The molecule has 29 heavy (non-hydrogen) atoms. The standard InChI is InChI=1S/C19H22N6O3S/c1-12(2)16(22-19-23-18(24-29-19)25-8-7-20-10-25)17(26)21-6-5-13-3-4-14-15(9-13)28-11-27-14/h3-4,7-10,12,16H,5-6,11H2,1-2H3,(H,21,26)(H,22,23,24)/t16-/m0/s1. The van der Waals surface area contributed by atoms with Crippen LogP contribution in [0.4, 0.5) is 5.13 Å². The third kappa shape index (κ3) is 4.48. The molecule has 0 aliphatic carbocycles. The number of hydrogen-bond acceptors (Lipinski definition) is 8. The summed E-state index contributed by atoms with van der Waals surface area (Å²) in [5.41, 5.74) is 1.08. The van der Waals surface area contributed by atoms with E-state index in [1.807, 2.05) is 32.0 Å². The lowest BCUT2D eigenvalue weighted by molar-refractivity contribution is -0.122. The van der Waals surface area contributed by atoms with Gasteiger partial charge in [0, 0.05) is 30.5 Å². The van der Waals surface area contributed by atoms with Crippen molar-refractivity contribution >= 4 is 22.6 Å². The first kappa shape index (κ1) is 19.2. The SMILES string of the molecule is CC(C)[C@H](Nc1nc(-n2ccnc2)ns1)C(=O)NCCc1ccc2c(c1)OCO2. The second kappa shape index (κ2) is 8.48. The van der Waals surface area contributed by atoms with E-state index in [0.717, 1.165) is 17.1 Å². The molecule has 0 unspecified atom stereocenters. The van der Waals surface area contributed by atoms with Gasteiger partial charge < -0.3 is 20.1 Å². The molecule has 0 fully saturated rings. The van der Waals surface area contributed by atoms with E-state index in [2.05, 4.69) is 25.0 Å². The number of imidazole rings is 1. The van der Waals surface area contributed by atoms with Crippen molar-refractivity contribution in [3.63, 3.8) is 0 Å². The number of carbonyl (C=O) groups excluding carboxylic acids is 1. The van der Waals surface area contributed by atoms with Crippen LogP contribution in [0.15, 0.2) is 36.9 Å². The number of hydrogen-bond donors (Lipinski definition) is 2. The Morgan fingerprint density at radius 3 is 2.97 bits per heavy atom. The second-order valence-electron chi connectivity index (χ2n) is 6.96. The van der Waals surface area contributed by atoms with E-state index in [9.17, 15) is 4.79 Å². The van der Waals surface area contributed by atoms with E-state index in [1.165, 1.54) is 11.5 Å². The summed E-state index contributed by atoms with van der Waals surface area (Å²) >= 11 is 1.22. The summed E-state index contributed by atoms with van der Waals surface area (Å²) in [5.74, 6) is 2.05. The Morgan fingerprint density at radius 1 is 1.31 bits per heavy atom. The minimum Gasteiger partial charge on any atom is -0.454 e. The fourth-order valence-corrected chi connectivity index (χ4v) is 3.57. The quantitative estimate of drug-likeness (QED) is 0.583. The van der Waals surface area contributed by atoms with Crippen molar-refractivity contribution in [3.05, 3.63) is 42.5 Å². The van der Waals surface area contributed by atoms with Gasteiger partial charge in [0.15, 0.2) is 11.5 Å². The van der Waals surface area contributed by atoms with Crippen LogP contribution in [0.2, 0.25) is 0 Å². The lowest BCUT2D eigenvalue weighted by Gasteiger charge is -2.21. The summed E-state index contributed by atoms with van der Waals surface area (Å²) < 4.78 is 16.7. The summed E-state index contributed by atoms with van der Waals surface area (Å²) in [6.45, 7) is 4.77. The minimum absolute atomic E-state index is 0.0693. The Kier molecular flexibility index (Phi) is 5.61. The van der Waals surface area contributed by atoms with Crippen LogP contribution in [0.3, 0.4) is 0 Å². The number of benzene rings is 1. The molecule has 0 radical (unpaired) electrons. The summed E-state index contributed by atoms with van der Waals surface area (Å²) in [6, 6.07) is 5.42. The lowest BCUT2D eigenvalue weighted by atomic mass is 10.0. The van der Waals surface area contributed by atoms with Crippen LogP contribution in [0.5, 0.6) is 11.5 Å². The zero-order valence-electron chi connectivity index (χ0n) is 16.2. The average Bonchev–Trinajstić information content (AvgIpc) is 3.46. The van der Waals surface area contributed by atoms with E-state index < -0.39 is 6.04 Å². The molecule has 0 bridgehead atoms. The van der Waals surface area contributed by atoms with E-state index in [-0.39, 0.29) is 18.6 Å². The predicted molar refractivity (Wildman–Crippen MR) is 109 cm³/mol. The molecule has 2 N–H and O–H groups in total. The zero-order valence-corrected chi connectivity index (χ0v) is 17.0. The molecular weight excluding hydrogens is 392 g/mol. The van der Waals surface area contributed by atoms with Crippen molar-refractivity contribution in [3.8, 4) is 17.4 Å². The fourth-order valence-electron chi connectivity index (χ4n) is 2.96. The molecule has 10 heteroatoms. The number of fused-ring (bicyclic) bond motifs is 1. The molecule has 1 amide bonds. The molecule has 1 atom stereocenters. The van der Waals surface area contributed by atoms with Crippen LogP contribution < -0.4 is 20.1 Å². The molecular formula is C19H22N6O3S. The third-order valence-electron chi connectivity index (χ3n) is 4.53. The average molecular weight is 414 g/mol. The van der Waals surface area contributed by atoms with E-state index in [0.29, 0.717) is 24.0 Å². The van der Waals surface area contributed by atoms with Gasteiger partial charge in [-0.2, -0.15) is 9.36 Å². The smallest absolute Gasteiger partial charge is 0.248 e. The van der Waals surface area contributed by atoms with Crippen molar-refractivity contribution < 1.29 is 14.3 Å². The number of nitrogens with zero attached hydrogens (tertiary/aromatic N) is 4. The molecule has 1 aliphatic rings. The Bertz CT molecular complexity index is 972. The van der Waals surface area contributed by atoms with Crippen LogP contribution >= 0.6 is 11.5 Å². The van der Waals surface area contributed by atoms with Crippen LogP contribution in [-0.4, -0.2) is 44.2 Å². The number of ether oxygens (including phenoxy) is 2. The number of amides is 1. The molecule has 4 rings (SSSR count). The first-order chi connectivity index (χ1) is 14.1. The molecule has 0 saturated carbocycles. The minimum atomic E-state index is -0.407. The van der Waals surface area contributed by atoms with Crippen molar-refractivity contribution in [2.75, 3.05) is 18.7 Å². The highest BCUT2D eigenvalue weighted by molar-refractivity contribution is 7.09. The summed E-state index contributed by atoms with van der Waals surface area (Å²) in [5, 5.41) is 6.80. The van der Waals surface area contributed by atoms with Gasteiger partial charge >= 0.3 is 0 Å². The molecule has 1 aromatic carbocycles. The van der Waals surface area contributed by atoms with Gasteiger partial charge in [0.05, 0.1) is 0 Å². The van der Waals surface area contributed by atoms with Gasteiger partial charge in [-0.15, -0.1) is 0 Å². The highest BCUT2D eigenvalue weighted by Gasteiger charge is 2.23. The van der Waals surface area contributed by atoms with Gasteiger partial charge in [0.2, 0.25) is 23.8 Å². The number of aromatic nitrogens is 4. The van der Waals surface area contributed by atoms with Gasteiger partial charge in [-0.25, -0.2) is 4.98 Å². The summed E-state index contributed by atoms with van der Waals surface area (Å²) in [7, 11) is 0. The summed E-state index contributed by atoms with van der Waals surface area (Å²) in [6.07, 6.45) is 5.78. The highest BCUT2D eigenvalue weighted by Crippen LogP contribution is 2.32. The second-order valence-corrected chi connectivity index (χ2v) is 7.72. The van der Waals surface area contributed by atoms with Gasteiger partial charge in [0.1, 0.15) is 12.4 Å². The Balaban J connectivity index is 1.33. The van der Waals surface area contributed by atoms with Crippen molar-refractivity contribution in [1.82, 2.24) is 24.2 Å². The predicted octanol–water partition coefficient (Wildman–Crippen LogP) is 2.25. The maximum absolute atomic E-state index is 12.7. The maximum atomic E-state index is 12.7. The van der Waals surface area contributed by atoms with E-state index in [1.54, 1.807) is 23.3 Å². The third-order valence-corrected chi connectivity index (χ3v) is 5.17. The van der Waals surface area contributed by atoms with Crippen LogP contribution in [0, 0.1) is 5.92 Å². The van der Waals surface area contributed by atoms with Crippen molar-refractivity contribution in [1.29, 1.82) is 0 Å². The van der Waals surface area contributed by atoms with E-state index in [4.69, 9.17) is 9.47 Å².